The van der Waals surface area contributed by atoms with Gasteiger partial charge in [0.05, 0.1) is 23.4 Å². The van der Waals surface area contributed by atoms with Crippen LogP contribution in [0.3, 0.4) is 0 Å². The molecule has 0 bridgehead atoms. The Morgan fingerprint density at radius 3 is 2.93 bits per heavy atom. The van der Waals surface area contributed by atoms with E-state index in [0.29, 0.717) is 28.0 Å². The zero-order valence-electron chi connectivity index (χ0n) is 15.8. The normalized spacial score (nSPS) is 11.2. The molecule has 3 aromatic heterocycles. The number of anilines is 1. The fourth-order valence-electron chi connectivity index (χ4n) is 3.17. The average Bonchev–Trinajstić information content (AvgIpc) is 3.50. The molecule has 0 aliphatic heterocycles. The Morgan fingerprint density at radius 1 is 1.20 bits per heavy atom. The van der Waals surface area contributed by atoms with Gasteiger partial charge in [0.1, 0.15) is 16.9 Å². The summed E-state index contributed by atoms with van der Waals surface area (Å²) in [6, 6.07) is 15.4. The first-order valence-electron chi connectivity index (χ1n) is 9.09. The van der Waals surface area contributed by atoms with Crippen LogP contribution in [0.5, 0.6) is 5.75 Å². The van der Waals surface area contributed by atoms with Gasteiger partial charge in [-0.3, -0.25) is 9.89 Å². The van der Waals surface area contributed by atoms with Gasteiger partial charge in [-0.05, 0) is 23.6 Å². The summed E-state index contributed by atoms with van der Waals surface area (Å²) in [5, 5.41) is 14.4. The maximum atomic E-state index is 12.5. The Labute approximate surface area is 179 Å². The van der Waals surface area contributed by atoms with Crippen molar-refractivity contribution in [1.82, 2.24) is 15.2 Å². The molecule has 1 amide bonds. The average molecular weight is 437 g/mol. The van der Waals surface area contributed by atoms with Crippen LogP contribution in [0.1, 0.15) is 0 Å². The van der Waals surface area contributed by atoms with E-state index in [1.54, 1.807) is 24.5 Å². The number of furan rings is 1. The summed E-state index contributed by atoms with van der Waals surface area (Å²) in [7, 11) is 1.58. The van der Waals surface area contributed by atoms with Crippen molar-refractivity contribution in [3.63, 3.8) is 0 Å². The number of thiophene rings is 1. The second kappa shape index (κ2) is 7.85. The second-order valence-electron chi connectivity index (χ2n) is 6.43. The van der Waals surface area contributed by atoms with Gasteiger partial charge in [-0.25, -0.2) is 4.98 Å². The smallest absolute Gasteiger partial charge is 0.234 e. The molecule has 0 saturated heterocycles. The van der Waals surface area contributed by atoms with Crippen molar-refractivity contribution < 1.29 is 13.9 Å². The van der Waals surface area contributed by atoms with Crippen LogP contribution in [0, 0.1) is 0 Å². The van der Waals surface area contributed by atoms with E-state index in [-0.39, 0.29) is 11.7 Å². The van der Waals surface area contributed by atoms with Crippen molar-refractivity contribution in [2.75, 3.05) is 18.2 Å². The minimum Gasteiger partial charge on any atom is -0.495 e. The molecule has 0 spiro atoms. The number of para-hydroxylation sites is 1. The first-order valence-corrected chi connectivity index (χ1v) is 11.0. The molecule has 5 rings (SSSR count). The lowest BCUT2D eigenvalue weighted by Crippen LogP contribution is -2.14. The highest BCUT2D eigenvalue weighted by Crippen LogP contribution is 2.36. The summed E-state index contributed by atoms with van der Waals surface area (Å²) in [5.74, 6) is 1.26. The first kappa shape index (κ1) is 18.7. The number of thioether (sulfide) groups is 1. The Balaban J connectivity index is 1.32. The molecule has 7 nitrogen and oxygen atoms in total. The first-order chi connectivity index (χ1) is 14.7. The van der Waals surface area contributed by atoms with Gasteiger partial charge in [-0.1, -0.05) is 36.0 Å². The molecular weight excluding hydrogens is 420 g/mol. The maximum absolute atomic E-state index is 12.5. The van der Waals surface area contributed by atoms with Gasteiger partial charge in [0.2, 0.25) is 11.1 Å². The highest BCUT2D eigenvalue weighted by atomic mass is 32.2. The molecule has 2 aromatic carbocycles. The van der Waals surface area contributed by atoms with E-state index in [1.807, 2.05) is 47.8 Å². The molecule has 0 saturated carbocycles. The number of fused-ring (bicyclic) bond motifs is 3. The number of methoxy groups -OCH3 is 1. The molecule has 0 unspecified atom stereocenters. The van der Waals surface area contributed by atoms with E-state index in [4.69, 9.17) is 9.15 Å². The van der Waals surface area contributed by atoms with Crippen LogP contribution in [0.15, 0.2) is 63.5 Å². The Kier molecular flexibility index (Phi) is 4.89. The van der Waals surface area contributed by atoms with Crippen LogP contribution >= 0.6 is 23.1 Å². The lowest BCUT2D eigenvalue weighted by Gasteiger charge is -2.10. The van der Waals surface area contributed by atoms with Gasteiger partial charge in [0, 0.05) is 16.8 Å². The standard InChI is InChI=1S/C21H16N4O3S2/c1-27-17-9-13-12-5-2-3-6-15(12)28-16(13)10-14(17)22-19(26)11-30-21-23-20(24-25-21)18-7-4-8-29-18/h2-10H,11H2,1H3,(H,22,26)(H,23,24,25). The van der Waals surface area contributed by atoms with E-state index in [1.165, 1.54) is 11.8 Å². The van der Waals surface area contributed by atoms with Gasteiger partial charge in [0.25, 0.3) is 0 Å². The van der Waals surface area contributed by atoms with Crippen molar-refractivity contribution in [1.29, 1.82) is 0 Å². The van der Waals surface area contributed by atoms with Crippen molar-refractivity contribution in [3.05, 3.63) is 53.9 Å². The van der Waals surface area contributed by atoms with Crippen LogP contribution in [-0.2, 0) is 4.79 Å². The summed E-state index contributed by atoms with van der Waals surface area (Å²) >= 11 is 2.84. The number of amides is 1. The fraction of sp³-hybridized carbons (Fsp3) is 0.0952. The lowest BCUT2D eigenvalue weighted by molar-refractivity contribution is -0.113. The lowest BCUT2D eigenvalue weighted by atomic mass is 10.1. The number of hydrogen-bond acceptors (Lipinski definition) is 7. The zero-order chi connectivity index (χ0) is 20.5. The SMILES string of the molecule is COc1cc2c(cc1NC(=O)CSc1n[nH]c(-c3cccs3)n1)oc1ccccc12. The highest BCUT2D eigenvalue weighted by Gasteiger charge is 2.15. The summed E-state index contributed by atoms with van der Waals surface area (Å²) in [4.78, 5) is 17.9. The summed E-state index contributed by atoms with van der Waals surface area (Å²) in [6.45, 7) is 0. The molecule has 0 fully saturated rings. The number of H-pyrrole nitrogens is 1. The quantitative estimate of drug-likeness (QED) is 0.357. The van der Waals surface area contributed by atoms with Gasteiger partial charge in [-0.2, -0.15) is 0 Å². The van der Waals surface area contributed by atoms with Crippen molar-refractivity contribution >= 4 is 56.6 Å². The third-order valence-electron chi connectivity index (χ3n) is 4.52. The molecule has 0 radical (unpaired) electrons. The number of benzene rings is 2. The minimum atomic E-state index is -0.184. The molecule has 0 atom stereocenters. The van der Waals surface area contributed by atoms with Gasteiger partial charge >= 0.3 is 0 Å². The topological polar surface area (TPSA) is 93.0 Å². The van der Waals surface area contributed by atoms with E-state index in [2.05, 4.69) is 20.5 Å². The second-order valence-corrected chi connectivity index (χ2v) is 8.32. The highest BCUT2D eigenvalue weighted by molar-refractivity contribution is 7.99. The van der Waals surface area contributed by atoms with Crippen molar-refractivity contribution in [2.45, 2.75) is 5.16 Å². The monoisotopic (exact) mass is 436 g/mol. The third-order valence-corrected chi connectivity index (χ3v) is 6.25. The fourth-order valence-corrected chi connectivity index (χ4v) is 4.43. The van der Waals surface area contributed by atoms with Crippen LogP contribution in [0.25, 0.3) is 32.6 Å². The number of aromatic nitrogens is 3. The summed E-state index contributed by atoms with van der Waals surface area (Å²) < 4.78 is 11.4. The van der Waals surface area contributed by atoms with Gasteiger partial charge < -0.3 is 14.5 Å². The van der Waals surface area contributed by atoms with Crippen molar-refractivity contribution in [3.8, 4) is 16.5 Å². The Morgan fingerprint density at radius 2 is 2.10 bits per heavy atom. The molecule has 5 aromatic rings. The van der Waals surface area contributed by atoms with Crippen LogP contribution in [-0.4, -0.2) is 34.0 Å². The van der Waals surface area contributed by atoms with E-state index >= 15 is 0 Å². The number of nitrogens with one attached hydrogen (secondary N) is 2. The molecule has 30 heavy (non-hydrogen) atoms. The minimum absolute atomic E-state index is 0.170. The summed E-state index contributed by atoms with van der Waals surface area (Å²) in [5.41, 5.74) is 2.04. The largest absolute Gasteiger partial charge is 0.495 e. The van der Waals surface area contributed by atoms with Gasteiger partial charge in [-0.15, -0.1) is 16.4 Å². The number of aromatic amines is 1. The molecule has 9 heteroatoms. The van der Waals surface area contributed by atoms with E-state index < -0.39 is 0 Å². The van der Waals surface area contributed by atoms with Crippen molar-refractivity contribution in [2.24, 2.45) is 0 Å². The molecule has 0 aliphatic rings. The number of rotatable bonds is 6. The maximum Gasteiger partial charge on any atom is 0.234 e. The number of nitrogens with zero attached hydrogens (tertiary/aromatic N) is 2. The predicted octanol–water partition coefficient (Wildman–Crippen LogP) is 5.17. The molecule has 3 heterocycles. The van der Waals surface area contributed by atoms with E-state index in [9.17, 15) is 4.79 Å². The van der Waals surface area contributed by atoms with Crippen LogP contribution < -0.4 is 10.1 Å². The zero-order valence-corrected chi connectivity index (χ0v) is 17.5. The number of carbonyl (C=O) groups is 1. The Hall–Kier alpha value is -3.30. The summed E-state index contributed by atoms with van der Waals surface area (Å²) in [6.07, 6.45) is 0. The Bertz CT molecular complexity index is 1340. The predicted molar refractivity (Wildman–Crippen MR) is 119 cm³/mol. The molecule has 0 aliphatic carbocycles. The van der Waals surface area contributed by atoms with Crippen LogP contribution in [0.4, 0.5) is 5.69 Å². The third kappa shape index (κ3) is 3.53. The number of ether oxygens (including phenoxy) is 1. The molecular formula is C21H16N4O3S2. The van der Waals surface area contributed by atoms with Gasteiger partial charge in [0.15, 0.2) is 5.82 Å². The number of carbonyl (C=O) groups excluding carboxylic acids is 1. The molecule has 150 valence electrons. The van der Waals surface area contributed by atoms with E-state index in [0.717, 1.165) is 21.2 Å². The number of hydrogen-bond donors (Lipinski definition) is 2. The molecule has 2 N–H and O–H groups in total. The van der Waals surface area contributed by atoms with Crippen LogP contribution in [0.2, 0.25) is 0 Å².